The second-order valence-electron chi connectivity index (χ2n) is 9.68. The molecule has 4 rings (SSSR count). The van der Waals surface area contributed by atoms with Gasteiger partial charge < -0.3 is 30.1 Å². The Morgan fingerprint density at radius 1 is 1.03 bits per heavy atom. The van der Waals surface area contributed by atoms with Crippen molar-refractivity contribution in [3.05, 3.63) is 29.2 Å². The summed E-state index contributed by atoms with van der Waals surface area (Å²) < 4.78 is 19.0. The lowest BCUT2D eigenvalue weighted by molar-refractivity contribution is -0.865. The first-order chi connectivity index (χ1) is 16.3. The van der Waals surface area contributed by atoms with Crippen LogP contribution < -0.4 is 20.3 Å². The number of hydroxylamine groups is 3. The van der Waals surface area contributed by atoms with Crippen LogP contribution in [-0.2, 0) is 0 Å². The van der Waals surface area contributed by atoms with Crippen molar-refractivity contribution in [3.63, 3.8) is 0 Å². The van der Waals surface area contributed by atoms with Gasteiger partial charge in [-0.2, -0.15) is 15.0 Å². The summed E-state index contributed by atoms with van der Waals surface area (Å²) in [6, 6.07) is 5.15. The van der Waals surface area contributed by atoms with Crippen LogP contribution in [-0.4, -0.2) is 66.0 Å². The summed E-state index contributed by atoms with van der Waals surface area (Å²) >= 11 is 0. The van der Waals surface area contributed by atoms with Gasteiger partial charge in [0.1, 0.15) is 0 Å². The van der Waals surface area contributed by atoms with Gasteiger partial charge in [-0.25, -0.2) is 4.39 Å². The number of halogens is 1. The highest BCUT2D eigenvalue weighted by atomic mass is 19.1. The molecule has 1 aliphatic carbocycles. The van der Waals surface area contributed by atoms with Gasteiger partial charge in [-0.1, -0.05) is 25.7 Å². The second kappa shape index (κ2) is 10.7. The minimum Gasteiger partial charge on any atom is -0.633 e. The molecule has 1 saturated carbocycles. The first-order valence-electron chi connectivity index (χ1n) is 12.2. The number of hydrogen-bond acceptors (Lipinski definition) is 8. The summed E-state index contributed by atoms with van der Waals surface area (Å²) in [4.78, 5) is 16.0. The van der Waals surface area contributed by atoms with E-state index in [-0.39, 0.29) is 16.4 Å². The number of likely N-dealkylation sites (tertiary alicyclic amines) is 1. The molecule has 2 fully saturated rings. The van der Waals surface area contributed by atoms with Crippen LogP contribution in [0, 0.1) is 11.0 Å². The molecule has 9 nitrogen and oxygen atoms in total. The van der Waals surface area contributed by atoms with E-state index in [1.54, 1.807) is 19.2 Å². The molecule has 0 bridgehead atoms. The Hall–Kier alpha value is -2.72. The van der Waals surface area contributed by atoms with E-state index >= 15 is 0 Å². The fraction of sp³-hybridized carbons (Fsp3) is 0.625. The van der Waals surface area contributed by atoms with E-state index < -0.39 is 5.82 Å². The maximum absolute atomic E-state index is 14.2. The second-order valence-corrected chi connectivity index (χ2v) is 9.68. The fourth-order valence-corrected chi connectivity index (χ4v) is 4.77. The van der Waals surface area contributed by atoms with E-state index in [1.807, 2.05) is 11.9 Å². The van der Waals surface area contributed by atoms with E-state index in [2.05, 4.69) is 20.6 Å². The minimum atomic E-state index is -0.461. The number of benzene rings is 1. The Kier molecular flexibility index (Phi) is 7.67. The van der Waals surface area contributed by atoms with Gasteiger partial charge in [0.25, 0.3) is 0 Å². The lowest BCUT2D eigenvalue weighted by Gasteiger charge is -2.45. The highest BCUT2D eigenvalue weighted by Gasteiger charge is 2.28. The van der Waals surface area contributed by atoms with E-state index in [9.17, 15) is 9.60 Å². The van der Waals surface area contributed by atoms with Gasteiger partial charge in [-0.3, -0.25) is 0 Å². The van der Waals surface area contributed by atoms with Crippen molar-refractivity contribution in [2.45, 2.75) is 63.5 Å². The molecule has 1 aromatic heterocycles. The van der Waals surface area contributed by atoms with Crippen LogP contribution in [0.5, 0.6) is 5.75 Å². The molecule has 0 unspecified atom stereocenters. The van der Waals surface area contributed by atoms with Crippen LogP contribution in [0.1, 0.15) is 51.4 Å². The quantitative estimate of drug-likeness (QED) is 0.346. The molecule has 186 valence electrons. The summed E-state index contributed by atoms with van der Waals surface area (Å²) in [6.45, 7) is 1.15. The predicted octanol–water partition coefficient (Wildman–Crippen LogP) is 4.44. The number of ether oxygens (including phenoxy) is 1. The zero-order valence-electron chi connectivity index (χ0n) is 20.4. The molecule has 2 aromatic rings. The number of methoxy groups -OCH3 is 1. The molecule has 0 atom stereocenters. The maximum atomic E-state index is 14.2. The standard InChI is InChI=1S/C24H36FN7O2/c1-31(19-12-14-32(2,33)15-13-19)24-29-22(26-17-8-6-4-5-7-9-17)28-23(30-24)27-18-10-11-21(34-3)20(25)16-18/h10-11,16-17,19H,4-9,12-15H2,1-3H3,(H2,26,27,28,29,30). The first kappa shape index (κ1) is 24.4. The monoisotopic (exact) mass is 473 g/mol. The average molecular weight is 474 g/mol. The Bertz CT molecular complexity index is 956. The minimum absolute atomic E-state index is 0.179. The molecule has 2 heterocycles. The normalized spacial score (nSPS) is 23.7. The number of hydrogen-bond donors (Lipinski definition) is 2. The summed E-state index contributed by atoms with van der Waals surface area (Å²) in [7, 11) is 5.13. The molecule has 10 heteroatoms. The number of piperidine rings is 1. The van der Waals surface area contributed by atoms with Gasteiger partial charge in [-0.15, -0.1) is 0 Å². The summed E-state index contributed by atoms with van der Waals surface area (Å²) in [5, 5.41) is 18.9. The zero-order chi connectivity index (χ0) is 24.1. The Labute approximate surface area is 200 Å². The van der Waals surface area contributed by atoms with Crippen molar-refractivity contribution in [1.82, 2.24) is 15.0 Å². The Balaban J connectivity index is 1.58. The van der Waals surface area contributed by atoms with E-state index in [1.165, 1.54) is 38.9 Å². The smallest absolute Gasteiger partial charge is 0.233 e. The Morgan fingerprint density at radius 3 is 2.35 bits per heavy atom. The van der Waals surface area contributed by atoms with Gasteiger partial charge in [0.15, 0.2) is 11.6 Å². The largest absolute Gasteiger partial charge is 0.633 e. The molecule has 0 amide bonds. The number of anilines is 4. The third-order valence-electron chi connectivity index (χ3n) is 6.95. The maximum Gasteiger partial charge on any atom is 0.233 e. The number of quaternary nitrogens is 1. The molecule has 0 radical (unpaired) electrons. The van der Waals surface area contributed by atoms with Crippen LogP contribution in [0.4, 0.5) is 27.9 Å². The van der Waals surface area contributed by atoms with Gasteiger partial charge in [-0.05, 0) is 25.0 Å². The lowest BCUT2D eigenvalue weighted by Crippen LogP contribution is -2.50. The predicted molar refractivity (Wildman–Crippen MR) is 132 cm³/mol. The third-order valence-corrected chi connectivity index (χ3v) is 6.95. The van der Waals surface area contributed by atoms with Crippen molar-refractivity contribution < 1.29 is 13.8 Å². The lowest BCUT2D eigenvalue weighted by atomic mass is 10.0. The van der Waals surface area contributed by atoms with Crippen LogP contribution in [0.3, 0.4) is 0 Å². The van der Waals surface area contributed by atoms with E-state index in [4.69, 9.17) is 9.72 Å². The van der Waals surface area contributed by atoms with Crippen LogP contribution in [0.15, 0.2) is 18.2 Å². The SMILES string of the molecule is COc1ccc(Nc2nc(NC3CCCCCC3)nc(N(C)C3CC[N+](C)([O-])CC3)n2)cc1F. The molecule has 1 aromatic carbocycles. The number of aromatic nitrogens is 3. The molecule has 1 saturated heterocycles. The topological polar surface area (TPSA) is 98.3 Å². The van der Waals surface area contributed by atoms with Crippen molar-refractivity contribution in [2.24, 2.45) is 0 Å². The average Bonchev–Trinajstić information content (AvgIpc) is 3.07. The van der Waals surface area contributed by atoms with Crippen molar-refractivity contribution in [2.75, 3.05) is 49.8 Å². The highest BCUT2D eigenvalue weighted by molar-refractivity contribution is 5.57. The van der Waals surface area contributed by atoms with Crippen LogP contribution in [0.25, 0.3) is 0 Å². The van der Waals surface area contributed by atoms with E-state index in [0.29, 0.717) is 42.7 Å². The summed E-state index contributed by atoms with van der Waals surface area (Å²) in [6.07, 6.45) is 8.65. The Morgan fingerprint density at radius 2 is 1.71 bits per heavy atom. The fourth-order valence-electron chi connectivity index (χ4n) is 4.77. The zero-order valence-corrected chi connectivity index (χ0v) is 20.4. The number of rotatable bonds is 7. The molecule has 34 heavy (non-hydrogen) atoms. The first-order valence-corrected chi connectivity index (χ1v) is 12.2. The third kappa shape index (κ3) is 6.24. The highest BCUT2D eigenvalue weighted by Crippen LogP contribution is 2.27. The molecule has 1 aliphatic heterocycles. The molecule has 0 spiro atoms. The number of nitrogens with one attached hydrogen (secondary N) is 2. The summed E-state index contributed by atoms with van der Waals surface area (Å²) in [5.41, 5.74) is 0.524. The van der Waals surface area contributed by atoms with Gasteiger partial charge in [0.2, 0.25) is 17.8 Å². The molecular weight excluding hydrogens is 437 g/mol. The number of nitrogens with zero attached hydrogens (tertiary/aromatic N) is 5. The van der Waals surface area contributed by atoms with Crippen molar-refractivity contribution in [3.8, 4) is 5.75 Å². The molecule has 2 aliphatic rings. The van der Waals surface area contributed by atoms with Gasteiger partial charge in [0, 0.05) is 43.7 Å². The molecule has 2 N–H and O–H groups in total. The van der Waals surface area contributed by atoms with E-state index in [0.717, 1.165) is 25.7 Å². The summed E-state index contributed by atoms with van der Waals surface area (Å²) in [5.74, 6) is 1.11. The van der Waals surface area contributed by atoms with Crippen LogP contribution >= 0.6 is 0 Å². The van der Waals surface area contributed by atoms with Gasteiger partial charge >= 0.3 is 0 Å². The van der Waals surface area contributed by atoms with Crippen molar-refractivity contribution >= 4 is 23.5 Å². The molecular formula is C24H36FN7O2. The van der Waals surface area contributed by atoms with Crippen molar-refractivity contribution in [1.29, 1.82) is 0 Å². The van der Waals surface area contributed by atoms with Crippen LogP contribution in [0.2, 0.25) is 0 Å². The van der Waals surface area contributed by atoms with Gasteiger partial charge in [0.05, 0.1) is 27.2 Å².